The second-order valence-corrected chi connectivity index (χ2v) is 26.0. The fourth-order valence-corrected chi connectivity index (χ4v) is 9.99. The highest BCUT2D eigenvalue weighted by molar-refractivity contribution is 7.98. The summed E-state index contributed by atoms with van der Waals surface area (Å²) in [6.07, 6.45) is -4.77. The van der Waals surface area contributed by atoms with E-state index in [1.807, 2.05) is 10.6 Å². The highest BCUT2D eigenvalue weighted by atomic mass is 32.2. The third kappa shape index (κ3) is 39.0. The third-order valence-electron chi connectivity index (χ3n) is 15.2. The lowest BCUT2D eigenvalue weighted by molar-refractivity contribution is -0.142. The Bertz CT molecular complexity index is 3380. The zero-order valence-corrected chi connectivity index (χ0v) is 60.9. The van der Waals surface area contributed by atoms with Crippen LogP contribution in [0.2, 0.25) is 0 Å². The Morgan fingerprint density at radius 1 is 0.435 bits per heavy atom. The van der Waals surface area contributed by atoms with Crippen molar-refractivity contribution in [2.45, 2.75) is 190 Å². The fourth-order valence-electron chi connectivity index (χ4n) is 9.52. The van der Waals surface area contributed by atoms with Crippen LogP contribution in [0.5, 0.6) is 5.75 Å². The number of carboxylic acids is 3. The lowest BCUT2D eigenvalue weighted by Crippen LogP contribution is -2.60. The molecule has 0 saturated heterocycles. The van der Waals surface area contributed by atoms with E-state index < -0.39 is 262 Å². The number of hydrogen-bond acceptors (Lipinski definition) is 24. The van der Waals surface area contributed by atoms with Gasteiger partial charge in [-0.2, -0.15) is 11.8 Å². The summed E-state index contributed by atoms with van der Waals surface area (Å²) in [7, 11) is 0. The molecule has 0 fully saturated rings. The van der Waals surface area contributed by atoms with Gasteiger partial charge in [0.25, 0.3) is 0 Å². The summed E-state index contributed by atoms with van der Waals surface area (Å²) in [4.78, 5) is 252. The number of carboxylic acid groups (broad SMARTS) is 3. The quantitative estimate of drug-likeness (QED) is 0.0164. The predicted octanol–water partition coefficient (Wildman–Crippen LogP) is -10.1. The maximum atomic E-state index is 14.2. The molecule has 1 aromatic rings. The van der Waals surface area contributed by atoms with Crippen LogP contribution >= 0.6 is 11.8 Å². The second kappa shape index (κ2) is 49.3. The normalized spacial score (nSPS) is 14.2. The first-order chi connectivity index (χ1) is 50.6. The molecule has 0 bridgehead atoms. The molecular weight excluding hydrogens is 1450 g/mol. The first-order valence-corrected chi connectivity index (χ1v) is 35.0. The minimum atomic E-state index is -2.14. The number of aliphatic hydroxyl groups is 1. The largest absolute Gasteiger partial charge is 0.508 e. The van der Waals surface area contributed by atoms with E-state index in [0.29, 0.717) is 5.75 Å². The van der Waals surface area contributed by atoms with Gasteiger partial charge in [0.05, 0.1) is 32.2 Å². The molecule has 0 aromatic heterocycles. The molecule has 16 amide bonds. The van der Waals surface area contributed by atoms with Crippen molar-refractivity contribution in [1.82, 2.24) is 69.1 Å². The Kier molecular flexibility index (Phi) is 43.1. The van der Waals surface area contributed by atoms with Crippen LogP contribution in [0.3, 0.4) is 0 Å². The lowest BCUT2D eigenvalue weighted by Gasteiger charge is -2.27. The molecule has 0 saturated carbocycles. The number of aliphatic imine (C=N–C) groups is 1. The topological polar surface area (TPSA) is 750 Å². The Morgan fingerprint density at radius 3 is 1.27 bits per heavy atom. The van der Waals surface area contributed by atoms with E-state index in [0.717, 1.165) is 0 Å². The van der Waals surface area contributed by atoms with Crippen molar-refractivity contribution in [2.24, 2.45) is 45.3 Å². The van der Waals surface area contributed by atoms with Crippen LogP contribution in [0.1, 0.15) is 117 Å². The van der Waals surface area contributed by atoms with Gasteiger partial charge < -0.3 is 129 Å². The average molecular weight is 1550 g/mol. The van der Waals surface area contributed by atoms with Crippen LogP contribution in [0, 0.1) is 5.92 Å². The van der Waals surface area contributed by atoms with Gasteiger partial charge in [-0.1, -0.05) is 26.0 Å². The van der Waals surface area contributed by atoms with E-state index in [-0.39, 0.29) is 61.8 Å². The first-order valence-electron chi connectivity index (χ1n) is 33.6. The van der Waals surface area contributed by atoms with Gasteiger partial charge in [-0.3, -0.25) is 91.3 Å². The van der Waals surface area contributed by atoms with E-state index in [9.17, 15) is 112 Å². The molecule has 30 N–H and O–H groups in total. The van der Waals surface area contributed by atoms with Crippen molar-refractivity contribution in [3.8, 4) is 5.75 Å². The number of nitrogens with two attached hydrogens (primary N) is 6. The number of carbonyl (C=O) groups is 19. The number of phenols is 1. The Morgan fingerprint density at radius 2 is 0.824 bits per heavy atom. The standard InChI is InChI=1S/C63H100N20O24S/c1-29(2)23-40(80-52(96)31(4)73-47(89)26-71-53(97)35(15-19-49(91)92)75-51(95)30(3)64)59(103)76-34(7-6-21-70-63(68)69)55(99)77-38(14-18-46(67)88)58(102)83-43(28-84)61(105)82-42(25-50(93)94)54(98)72-27-48(90)74-36(12-16-44(65)86)56(100)81-41(24-32-8-10-33(85)11-9-32)60(104)78-37(13-17-45(66)87)57(101)79-39(62(106)107)20-22-108-5/h8-11,29-31,34-43,84-85H,6-7,12-28,64H2,1-5H3,(H2,65,86)(H2,66,87)(H2,67,88)(H,71,97)(H,72,98)(H,73,89)(H,74,90)(H,75,95)(H,76,103)(H,77,99)(H,78,104)(H,79,101)(H,80,96)(H,81,100)(H,82,105)(H,83,102)(H,91,92)(H,93,94)(H,106,107)(H4,68,69,70)/t30-,31-,34-,35-,36-,37-,38-,39-,40-,41-,42-,43-/m0/s1. The number of hydrogen-bond donors (Lipinski definition) is 24. The van der Waals surface area contributed by atoms with E-state index >= 15 is 0 Å². The summed E-state index contributed by atoms with van der Waals surface area (Å²) in [5.74, 6) is -22.6. The van der Waals surface area contributed by atoms with E-state index in [1.54, 1.807) is 20.1 Å². The number of benzene rings is 1. The smallest absolute Gasteiger partial charge is 0.326 e. The van der Waals surface area contributed by atoms with Gasteiger partial charge in [0.2, 0.25) is 94.5 Å². The molecule has 44 nitrogen and oxygen atoms in total. The molecule has 1 rings (SSSR count). The number of primary amides is 3. The summed E-state index contributed by atoms with van der Waals surface area (Å²) >= 11 is 1.28. The van der Waals surface area contributed by atoms with Crippen LogP contribution in [-0.4, -0.2) is 255 Å². The minimum Gasteiger partial charge on any atom is -0.508 e. The van der Waals surface area contributed by atoms with Gasteiger partial charge >= 0.3 is 17.9 Å². The molecule has 45 heteroatoms. The maximum Gasteiger partial charge on any atom is 0.326 e. The Hall–Kier alpha value is -11.5. The summed E-state index contributed by atoms with van der Waals surface area (Å²) in [6.45, 7) is 2.52. The van der Waals surface area contributed by atoms with Gasteiger partial charge in [0, 0.05) is 38.6 Å². The predicted molar refractivity (Wildman–Crippen MR) is 380 cm³/mol. The maximum absolute atomic E-state index is 14.2. The number of aliphatic hydroxyl groups excluding tert-OH is 1. The van der Waals surface area contributed by atoms with Crippen LogP contribution in [-0.2, 0) is 97.5 Å². The van der Waals surface area contributed by atoms with Crippen molar-refractivity contribution in [2.75, 3.05) is 38.2 Å². The van der Waals surface area contributed by atoms with Gasteiger partial charge in [0.1, 0.15) is 72.2 Å². The van der Waals surface area contributed by atoms with Crippen LogP contribution in [0.25, 0.3) is 0 Å². The zero-order chi connectivity index (χ0) is 82.1. The fraction of sp³-hybridized carbons (Fsp3) is 0.587. The summed E-state index contributed by atoms with van der Waals surface area (Å²) < 4.78 is 0. The van der Waals surface area contributed by atoms with Crippen molar-refractivity contribution in [3.63, 3.8) is 0 Å². The number of amides is 16. The molecule has 0 aliphatic rings. The van der Waals surface area contributed by atoms with Crippen molar-refractivity contribution < 1.29 is 117 Å². The number of aromatic hydroxyl groups is 1. The first kappa shape index (κ1) is 94.5. The molecule has 0 aliphatic carbocycles. The van der Waals surface area contributed by atoms with Crippen molar-refractivity contribution in [3.05, 3.63) is 29.8 Å². The Balaban J connectivity index is 3.49. The minimum absolute atomic E-state index is 0.0451. The molecule has 0 unspecified atom stereocenters. The van der Waals surface area contributed by atoms with Crippen LogP contribution in [0.15, 0.2) is 29.3 Å². The van der Waals surface area contributed by atoms with Gasteiger partial charge in [-0.25, -0.2) is 4.79 Å². The van der Waals surface area contributed by atoms with Crippen LogP contribution < -0.4 is 104 Å². The molecular formula is C63H100N20O24S. The molecule has 12 atom stereocenters. The summed E-state index contributed by atoms with van der Waals surface area (Å²) in [6, 6.07) is -14.5. The summed E-state index contributed by atoms with van der Waals surface area (Å²) in [5.41, 5.74) is 32.8. The van der Waals surface area contributed by atoms with Crippen LogP contribution in [0.4, 0.5) is 0 Å². The highest BCUT2D eigenvalue weighted by Crippen LogP contribution is 2.15. The number of carbonyl (C=O) groups excluding carboxylic acids is 16. The molecule has 602 valence electrons. The number of aliphatic carboxylic acids is 3. The number of guanidine groups is 1. The van der Waals surface area contributed by atoms with Gasteiger partial charge in [-0.15, -0.1) is 0 Å². The Labute approximate surface area is 622 Å². The third-order valence-corrected chi connectivity index (χ3v) is 15.9. The number of thioether (sulfide) groups is 1. The van der Waals surface area contributed by atoms with E-state index in [1.165, 1.54) is 49.9 Å². The monoisotopic (exact) mass is 1550 g/mol. The number of phenolic OH excluding ortho intramolecular Hbond substituents is 1. The molecule has 0 spiro atoms. The number of nitrogens with one attached hydrogen (secondary N) is 13. The van der Waals surface area contributed by atoms with Crippen molar-refractivity contribution in [1.29, 1.82) is 0 Å². The molecule has 0 aliphatic heterocycles. The molecule has 108 heavy (non-hydrogen) atoms. The molecule has 0 heterocycles. The van der Waals surface area contributed by atoms with Crippen molar-refractivity contribution >= 4 is 130 Å². The average Bonchev–Trinajstić information content (AvgIpc) is 0.859. The van der Waals surface area contributed by atoms with Gasteiger partial charge in [-0.05, 0) is 101 Å². The second-order valence-electron chi connectivity index (χ2n) is 25.0. The van der Waals surface area contributed by atoms with Gasteiger partial charge in [0.15, 0.2) is 5.96 Å². The zero-order valence-electron chi connectivity index (χ0n) is 60.1. The lowest BCUT2D eigenvalue weighted by atomic mass is 10.0. The SMILES string of the molecule is CSCC[C@H](NC(=O)[C@H](CCC(N)=O)NC(=O)[C@H](Cc1ccc(O)cc1)NC(=O)[C@H](CCC(N)=O)NC(=O)CNC(=O)[C@H](CC(=O)O)NC(=O)[C@H](CO)NC(=O)[C@H](CCC(N)=O)NC(=O)[C@H](CCCN=C(N)N)NC(=O)[C@H](CC(C)C)NC(=O)[C@H](C)NC(=O)CNC(=O)[C@H](CCC(=O)O)NC(=O)[C@H](C)N)C(=O)O. The number of nitrogens with zero attached hydrogens (tertiary/aromatic N) is 1. The van der Waals surface area contributed by atoms with E-state index in [4.69, 9.17) is 39.5 Å². The molecule has 1 aromatic carbocycles. The number of rotatable bonds is 53. The highest BCUT2D eigenvalue weighted by Gasteiger charge is 2.37. The summed E-state index contributed by atoms with van der Waals surface area (Å²) in [5, 5.41) is 78.5. The van der Waals surface area contributed by atoms with E-state index in [2.05, 4.69) is 63.5 Å². The molecule has 0 radical (unpaired) electrons.